The van der Waals surface area contributed by atoms with E-state index in [4.69, 9.17) is 0 Å². The van der Waals surface area contributed by atoms with E-state index in [1.807, 2.05) is 73.0 Å². The number of hydrogen-bond acceptors (Lipinski definition) is 5. The lowest BCUT2D eigenvalue weighted by molar-refractivity contribution is 0.102. The van der Waals surface area contributed by atoms with Crippen molar-refractivity contribution in [3.05, 3.63) is 106 Å². The second-order valence-electron chi connectivity index (χ2n) is 7.45. The van der Waals surface area contributed by atoms with Gasteiger partial charge in [-0.05, 0) is 30.5 Å². The van der Waals surface area contributed by atoms with Crippen LogP contribution in [-0.4, -0.2) is 25.7 Å². The van der Waals surface area contributed by atoms with E-state index in [9.17, 15) is 9.59 Å². The van der Waals surface area contributed by atoms with E-state index >= 15 is 0 Å². The fraction of sp³-hybridized carbons (Fsp3) is 0.0400. The highest BCUT2D eigenvalue weighted by molar-refractivity contribution is 7.13. The lowest BCUT2D eigenvalue weighted by Crippen LogP contribution is -2.18. The second kappa shape index (κ2) is 8.68. The summed E-state index contributed by atoms with van der Waals surface area (Å²) in [5, 5.41) is 9.51. The van der Waals surface area contributed by atoms with Crippen LogP contribution in [0.4, 0.5) is 5.82 Å². The quantitative estimate of drug-likeness (QED) is 0.395. The standard InChI is InChI=1S/C25H19N5O2S/c1-16-7-5-10-18(13-16)24(32)27-22-14-20(21-11-6-12-33-21)29-30(22)25-26-19(15-23(31)28-25)17-8-3-2-4-9-17/h2-15H,1H3,(H,27,32)(H,26,28,31). The molecule has 1 amide bonds. The number of benzene rings is 2. The average molecular weight is 454 g/mol. The summed E-state index contributed by atoms with van der Waals surface area (Å²) in [6, 6.07) is 23.8. The predicted molar refractivity (Wildman–Crippen MR) is 130 cm³/mol. The summed E-state index contributed by atoms with van der Waals surface area (Å²) in [4.78, 5) is 33.7. The number of amides is 1. The summed E-state index contributed by atoms with van der Waals surface area (Å²) in [5.41, 5.74) is 3.18. The van der Waals surface area contributed by atoms with E-state index in [2.05, 4.69) is 20.4 Å². The number of aryl methyl sites for hydroxylation is 1. The maximum Gasteiger partial charge on any atom is 0.256 e. The number of aromatic nitrogens is 4. The average Bonchev–Trinajstić information content (AvgIpc) is 3.49. The van der Waals surface area contributed by atoms with Crippen LogP contribution in [0.3, 0.4) is 0 Å². The Kier molecular flexibility index (Phi) is 5.42. The number of H-pyrrole nitrogens is 1. The number of aromatic amines is 1. The molecule has 0 spiro atoms. The molecule has 5 aromatic rings. The van der Waals surface area contributed by atoms with Gasteiger partial charge in [-0.1, -0.05) is 54.1 Å². The Hall–Kier alpha value is -4.30. The van der Waals surface area contributed by atoms with E-state index in [0.29, 0.717) is 22.8 Å². The molecule has 162 valence electrons. The number of hydrogen-bond donors (Lipinski definition) is 2. The molecule has 0 aliphatic carbocycles. The summed E-state index contributed by atoms with van der Waals surface area (Å²) < 4.78 is 1.45. The van der Waals surface area contributed by atoms with E-state index in [1.54, 1.807) is 12.1 Å². The van der Waals surface area contributed by atoms with Crippen LogP contribution in [-0.2, 0) is 0 Å². The van der Waals surface area contributed by atoms with Crippen LogP contribution in [0.25, 0.3) is 27.8 Å². The van der Waals surface area contributed by atoms with Gasteiger partial charge in [-0.2, -0.15) is 9.78 Å². The van der Waals surface area contributed by atoms with E-state index in [0.717, 1.165) is 16.0 Å². The van der Waals surface area contributed by atoms with Crippen LogP contribution >= 0.6 is 11.3 Å². The number of carbonyl (C=O) groups excluding carboxylic acids is 1. The summed E-state index contributed by atoms with van der Waals surface area (Å²) in [5.74, 6) is 0.334. The molecule has 0 saturated carbocycles. The zero-order valence-electron chi connectivity index (χ0n) is 17.6. The Balaban J connectivity index is 1.60. The first kappa shape index (κ1) is 20.6. The van der Waals surface area contributed by atoms with Gasteiger partial charge in [0, 0.05) is 23.3 Å². The first-order valence-electron chi connectivity index (χ1n) is 10.3. The molecule has 0 saturated heterocycles. The zero-order valence-corrected chi connectivity index (χ0v) is 18.5. The first-order chi connectivity index (χ1) is 16.1. The van der Waals surface area contributed by atoms with Crippen LogP contribution < -0.4 is 10.9 Å². The van der Waals surface area contributed by atoms with Crippen molar-refractivity contribution in [1.82, 2.24) is 19.7 Å². The summed E-state index contributed by atoms with van der Waals surface area (Å²) in [6.45, 7) is 1.93. The molecule has 2 aromatic carbocycles. The fourth-order valence-corrected chi connectivity index (χ4v) is 4.13. The summed E-state index contributed by atoms with van der Waals surface area (Å²) in [6.07, 6.45) is 0. The molecule has 2 N–H and O–H groups in total. The van der Waals surface area contributed by atoms with Crippen molar-refractivity contribution in [3.63, 3.8) is 0 Å². The zero-order chi connectivity index (χ0) is 22.8. The number of carbonyl (C=O) groups is 1. The van der Waals surface area contributed by atoms with E-state index in [-0.39, 0.29) is 17.4 Å². The molecule has 0 radical (unpaired) electrons. The number of rotatable bonds is 5. The van der Waals surface area contributed by atoms with Crippen LogP contribution in [0.2, 0.25) is 0 Å². The number of nitrogens with one attached hydrogen (secondary N) is 2. The molecule has 0 aliphatic heterocycles. The molecule has 0 atom stereocenters. The molecular formula is C25H19N5O2S. The van der Waals surface area contributed by atoms with Crippen LogP contribution in [0.1, 0.15) is 15.9 Å². The van der Waals surface area contributed by atoms with E-state index < -0.39 is 0 Å². The Morgan fingerprint density at radius 2 is 1.82 bits per heavy atom. The van der Waals surface area contributed by atoms with Gasteiger partial charge in [0.25, 0.3) is 11.5 Å². The maximum atomic E-state index is 13.0. The molecule has 0 bridgehead atoms. The molecule has 0 aliphatic rings. The molecular weight excluding hydrogens is 434 g/mol. The third-order valence-corrected chi connectivity index (χ3v) is 5.90. The molecule has 8 heteroatoms. The third kappa shape index (κ3) is 4.37. The van der Waals surface area contributed by atoms with Crippen LogP contribution in [0.15, 0.2) is 89.0 Å². The van der Waals surface area contributed by atoms with Gasteiger partial charge in [0.15, 0.2) is 0 Å². The lowest BCUT2D eigenvalue weighted by atomic mass is 10.1. The molecule has 33 heavy (non-hydrogen) atoms. The van der Waals surface area contributed by atoms with Gasteiger partial charge in [0.1, 0.15) is 11.5 Å². The van der Waals surface area contributed by atoms with Crippen molar-refractivity contribution >= 4 is 23.1 Å². The molecule has 0 fully saturated rings. The van der Waals surface area contributed by atoms with Gasteiger partial charge in [-0.3, -0.25) is 14.6 Å². The largest absolute Gasteiger partial charge is 0.306 e. The fourth-order valence-electron chi connectivity index (χ4n) is 3.45. The minimum absolute atomic E-state index is 0.212. The van der Waals surface area contributed by atoms with Crippen LogP contribution in [0.5, 0.6) is 0 Å². The van der Waals surface area contributed by atoms with Crippen molar-refractivity contribution in [2.24, 2.45) is 0 Å². The number of anilines is 1. The van der Waals surface area contributed by atoms with Gasteiger partial charge < -0.3 is 5.32 Å². The van der Waals surface area contributed by atoms with Crippen molar-refractivity contribution in [2.75, 3.05) is 5.32 Å². The molecule has 0 unspecified atom stereocenters. The number of thiophene rings is 1. The van der Waals surface area contributed by atoms with Gasteiger partial charge in [-0.25, -0.2) is 4.98 Å². The highest BCUT2D eigenvalue weighted by atomic mass is 32.1. The molecule has 3 heterocycles. The van der Waals surface area contributed by atoms with Crippen molar-refractivity contribution in [3.8, 4) is 27.8 Å². The van der Waals surface area contributed by atoms with Gasteiger partial charge in [-0.15, -0.1) is 11.3 Å². The minimum Gasteiger partial charge on any atom is -0.306 e. The highest BCUT2D eigenvalue weighted by Gasteiger charge is 2.17. The molecule has 7 nitrogen and oxygen atoms in total. The Morgan fingerprint density at radius 1 is 0.970 bits per heavy atom. The molecule has 3 aromatic heterocycles. The predicted octanol–water partition coefficient (Wildman–Crippen LogP) is 4.91. The lowest BCUT2D eigenvalue weighted by Gasteiger charge is -2.09. The second-order valence-corrected chi connectivity index (χ2v) is 8.40. The highest BCUT2D eigenvalue weighted by Crippen LogP contribution is 2.28. The Morgan fingerprint density at radius 3 is 2.58 bits per heavy atom. The topological polar surface area (TPSA) is 92.7 Å². The van der Waals surface area contributed by atoms with Crippen LogP contribution in [0, 0.1) is 6.92 Å². The van der Waals surface area contributed by atoms with Crippen molar-refractivity contribution in [2.45, 2.75) is 6.92 Å². The first-order valence-corrected chi connectivity index (χ1v) is 11.1. The van der Waals surface area contributed by atoms with Crippen molar-refractivity contribution < 1.29 is 4.79 Å². The minimum atomic E-state index is -0.317. The monoisotopic (exact) mass is 453 g/mol. The smallest absolute Gasteiger partial charge is 0.256 e. The molecule has 5 rings (SSSR count). The summed E-state index contributed by atoms with van der Waals surface area (Å²) in [7, 11) is 0. The Bertz CT molecular complexity index is 1490. The van der Waals surface area contributed by atoms with Gasteiger partial charge in [0.05, 0.1) is 10.6 Å². The maximum absolute atomic E-state index is 13.0. The van der Waals surface area contributed by atoms with E-state index in [1.165, 1.54) is 22.1 Å². The Labute approximate surface area is 193 Å². The third-order valence-electron chi connectivity index (χ3n) is 5.00. The summed E-state index contributed by atoms with van der Waals surface area (Å²) >= 11 is 1.53. The van der Waals surface area contributed by atoms with Crippen molar-refractivity contribution in [1.29, 1.82) is 0 Å². The SMILES string of the molecule is Cc1cccc(C(=O)Nc2cc(-c3cccs3)nn2-c2nc(-c3ccccc3)cc(=O)[nH]2)c1. The van der Waals surface area contributed by atoms with Gasteiger partial charge >= 0.3 is 0 Å². The van der Waals surface area contributed by atoms with Gasteiger partial charge in [0.2, 0.25) is 5.95 Å². The normalized spacial score (nSPS) is 10.8. The number of nitrogens with zero attached hydrogens (tertiary/aromatic N) is 3.